The molecular weight excluding hydrogens is 356 g/mol. The smallest absolute Gasteiger partial charge is 0.328 e. The van der Waals surface area contributed by atoms with Crippen LogP contribution < -0.4 is 11.2 Å². The van der Waals surface area contributed by atoms with Crippen LogP contribution in [0.25, 0.3) is 0 Å². The van der Waals surface area contributed by atoms with Gasteiger partial charge in [-0.1, -0.05) is 30.3 Å². The maximum Gasteiger partial charge on any atom is 0.328 e. The van der Waals surface area contributed by atoms with Gasteiger partial charge in [-0.15, -0.1) is 0 Å². The molecule has 0 saturated carbocycles. The molecule has 2 atom stereocenters. The summed E-state index contributed by atoms with van der Waals surface area (Å²) in [7, 11) is 1.42. The van der Waals surface area contributed by atoms with Crippen molar-refractivity contribution in [3.8, 4) is 0 Å². The molecule has 1 aromatic carbocycles. The second-order valence-electron chi connectivity index (χ2n) is 7.98. The first-order valence-corrected chi connectivity index (χ1v) is 9.84. The van der Waals surface area contributed by atoms with Gasteiger partial charge < -0.3 is 9.88 Å². The fourth-order valence-corrected chi connectivity index (χ4v) is 4.46. The summed E-state index contributed by atoms with van der Waals surface area (Å²) in [6.45, 7) is 3.51. The lowest BCUT2D eigenvalue weighted by Gasteiger charge is -2.36. The topological polar surface area (TPSA) is 78.4 Å². The summed E-state index contributed by atoms with van der Waals surface area (Å²) in [5, 5.41) is 0. The molecule has 7 heteroatoms. The molecule has 7 nitrogen and oxygen atoms in total. The number of amides is 1. The number of benzene rings is 1. The second kappa shape index (κ2) is 7.75. The fourth-order valence-electron chi connectivity index (χ4n) is 4.46. The second-order valence-corrected chi connectivity index (χ2v) is 7.98. The predicted octanol–water partition coefficient (Wildman–Crippen LogP) is 0.739. The Hall–Kier alpha value is -2.67. The number of rotatable bonds is 4. The van der Waals surface area contributed by atoms with Gasteiger partial charge in [0, 0.05) is 51.0 Å². The molecule has 4 heterocycles. The highest BCUT2D eigenvalue weighted by molar-refractivity contribution is 5.79. The molecule has 5 rings (SSSR count). The van der Waals surface area contributed by atoms with Crippen molar-refractivity contribution in [2.24, 2.45) is 13.0 Å². The minimum absolute atomic E-state index is 0.0274. The van der Waals surface area contributed by atoms with Gasteiger partial charge in [-0.25, -0.2) is 4.79 Å². The van der Waals surface area contributed by atoms with E-state index in [1.54, 1.807) is 0 Å². The zero-order valence-corrected chi connectivity index (χ0v) is 16.1. The molecule has 3 saturated heterocycles. The van der Waals surface area contributed by atoms with Gasteiger partial charge in [0.25, 0.3) is 5.56 Å². The van der Waals surface area contributed by atoms with Crippen LogP contribution >= 0.6 is 0 Å². The molecule has 0 aliphatic carbocycles. The van der Waals surface area contributed by atoms with E-state index in [2.05, 4.69) is 34.1 Å². The maximum atomic E-state index is 13.0. The third kappa shape index (κ3) is 3.80. The van der Waals surface area contributed by atoms with E-state index < -0.39 is 11.2 Å². The van der Waals surface area contributed by atoms with E-state index in [-0.39, 0.29) is 18.4 Å². The van der Waals surface area contributed by atoms with Gasteiger partial charge in [0.05, 0.1) is 6.42 Å². The van der Waals surface area contributed by atoms with Crippen molar-refractivity contribution in [2.45, 2.75) is 31.8 Å². The third-order valence-corrected chi connectivity index (χ3v) is 5.95. The fraction of sp³-hybridized carbons (Fsp3) is 0.476. The number of carbonyl (C=O) groups excluding carboxylic acids is 1. The lowest BCUT2D eigenvalue weighted by Crippen LogP contribution is -2.48. The zero-order chi connectivity index (χ0) is 19.7. The summed E-state index contributed by atoms with van der Waals surface area (Å²) >= 11 is 0. The minimum Gasteiger partial charge on any atom is -0.338 e. The van der Waals surface area contributed by atoms with Gasteiger partial charge in [0.2, 0.25) is 5.91 Å². The Morgan fingerprint density at radius 1 is 1.11 bits per heavy atom. The maximum absolute atomic E-state index is 13.0. The molecule has 3 fully saturated rings. The van der Waals surface area contributed by atoms with Crippen molar-refractivity contribution in [1.29, 1.82) is 0 Å². The first-order valence-electron chi connectivity index (χ1n) is 9.84. The molecule has 0 unspecified atom stereocenters. The summed E-state index contributed by atoms with van der Waals surface area (Å²) < 4.78 is 1.01. The van der Waals surface area contributed by atoms with Crippen LogP contribution in [0.2, 0.25) is 0 Å². The Labute approximate surface area is 163 Å². The molecule has 148 valence electrons. The summed E-state index contributed by atoms with van der Waals surface area (Å²) in [4.78, 5) is 43.7. The molecule has 1 N–H and O–H groups in total. The van der Waals surface area contributed by atoms with Crippen molar-refractivity contribution in [1.82, 2.24) is 19.4 Å². The Kier molecular flexibility index (Phi) is 5.17. The van der Waals surface area contributed by atoms with Crippen molar-refractivity contribution in [3.05, 3.63) is 68.5 Å². The third-order valence-electron chi connectivity index (χ3n) is 5.95. The van der Waals surface area contributed by atoms with E-state index in [0.29, 0.717) is 11.5 Å². The number of hydrogen-bond acceptors (Lipinski definition) is 4. The van der Waals surface area contributed by atoms with Crippen molar-refractivity contribution < 1.29 is 4.79 Å². The molecular formula is C21H26N4O3. The molecule has 2 aromatic rings. The van der Waals surface area contributed by atoms with Crippen molar-refractivity contribution in [3.63, 3.8) is 0 Å². The van der Waals surface area contributed by atoms with Gasteiger partial charge in [0.15, 0.2) is 0 Å². The summed E-state index contributed by atoms with van der Waals surface area (Å²) in [5.41, 5.74) is 0.765. The van der Waals surface area contributed by atoms with Gasteiger partial charge in [-0.3, -0.25) is 19.1 Å². The van der Waals surface area contributed by atoms with Crippen LogP contribution in [0.5, 0.6) is 0 Å². The molecule has 28 heavy (non-hydrogen) atoms. The highest BCUT2D eigenvalue weighted by atomic mass is 16.2. The molecule has 2 bridgehead atoms. The summed E-state index contributed by atoms with van der Waals surface area (Å²) in [5.74, 6) is 0.435. The summed E-state index contributed by atoms with van der Waals surface area (Å²) in [6.07, 6.45) is 3.55. The Morgan fingerprint density at radius 3 is 2.68 bits per heavy atom. The van der Waals surface area contributed by atoms with E-state index in [0.717, 1.165) is 43.6 Å². The quantitative estimate of drug-likeness (QED) is 0.846. The Balaban J connectivity index is 1.47. The van der Waals surface area contributed by atoms with Gasteiger partial charge in [-0.05, 0) is 24.3 Å². The van der Waals surface area contributed by atoms with E-state index in [1.165, 1.54) is 18.8 Å². The van der Waals surface area contributed by atoms with E-state index >= 15 is 0 Å². The molecule has 1 aromatic heterocycles. The largest absolute Gasteiger partial charge is 0.338 e. The predicted molar refractivity (Wildman–Crippen MR) is 106 cm³/mol. The normalized spacial score (nSPS) is 22.2. The first kappa shape index (κ1) is 18.7. The number of fused-ring (bicyclic) bond motifs is 4. The average molecular weight is 382 g/mol. The van der Waals surface area contributed by atoms with Crippen LogP contribution in [0.3, 0.4) is 0 Å². The molecule has 0 spiro atoms. The van der Waals surface area contributed by atoms with Gasteiger partial charge in [-0.2, -0.15) is 0 Å². The number of piperidine rings is 1. The highest BCUT2D eigenvalue weighted by Gasteiger charge is 2.37. The molecule has 0 radical (unpaired) electrons. The Morgan fingerprint density at radius 2 is 1.89 bits per heavy atom. The molecule has 3 aliphatic heterocycles. The van der Waals surface area contributed by atoms with Crippen molar-refractivity contribution in [2.75, 3.05) is 19.6 Å². The van der Waals surface area contributed by atoms with Crippen LogP contribution in [0, 0.1) is 5.92 Å². The van der Waals surface area contributed by atoms with Gasteiger partial charge >= 0.3 is 5.69 Å². The monoisotopic (exact) mass is 382 g/mol. The Bertz CT molecular complexity index is 966. The van der Waals surface area contributed by atoms with Crippen LogP contribution in [-0.4, -0.2) is 50.9 Å². The van der Waals surface area contributed by atoms with Crippen LogP contribution in [0.4, 0.5) is 0 Å². The zero-order valence-electron chi connectivity index (χ0n) is 16.1. The van der Waals surface area contributed by atoms with Crippen LogP contribution in [0.1, 0.15) is 24.0 Å². The lowest BCUT2D eigenvalue weighted by molar-refractivity contribution is -0.134. The van der Waals surface area contributed by atoms with Crippen LogP contribution in [-0.2, 0) is 24.8 Å². The minimum atomic E-state index is -0.466. The van der Waals surface area contributed by atoms with Crippen molar-refractivity contribution >= 4 is 5.91 Å². The number of aromatic amines is 1. The average Bonchev–Trinajstić information content (AvgIpc) is 3.00. The van der Waals surface area contributed by atoms with Crippen LogP contribution in [0.15, 0.2) is 46.1 Å². The number of nitrogens with zero attached hydrogens (tertiary/aromatic N) is 3. The number of H-pyrrole nitrogens is 1. The number of aromatic nitrogens is 2. The number of nitrogens with one attached hydrogen (secondary N) is 1. The van der Waals surface area contributed by atoms with E-state index in [9.17, 15) is 14.4 Å². The van der Waals surface area contributed by atoms with Gasteiger partial charge in [0.1, 0.15) is 0 Å². The molecule has 3 aliphatic rings. The number of carbonyl (C=O) groups is 1. The van der Waals surface area contributed by atoms with E-state index in [1.807, 2.05) is 11.0 Å². The first-order chi connectivity index (χ1) is 13.5. The highest BCUT2D eigenvalue weighted by Crippen LogP contribution is 2.29. The molecule has 1 amide bonds. The number of hydrogen-bond donors (Lipinski definition) is 1. The lowest BCUT2D eigenvalue weighted by atomic mass is 9.94. The SMILES string of the molecule is Cn1c(=O)[nH]cc(CC(=O)N2C[C@H]3CC[C@@H]2CN(Cc2ccccc2)C3)c1=O. The standard InChI is InChI=1S/C21H26N4O3/c1-23-20(27)17(10-22-21(23)28)9-19(26)25-13-16-7-8-18(25)14-24(12-16)11-15-5-3-2-4-6-15/h2-6,10,16,18H,7-9,11-14H2,1H3,(H,22,28)/t16-,18+/m0/s1. The van der Waals surface area contributed by atoms with E-state index in [4.69, 9.17) is 0 Å². The summed E-state index contributed by atoms with van der Waals surface area (Å²) in [6, 6.07) is 10.6.